The molecule has 0 spiro atoms. The van der Waals surface area contributed by atoms with Crippen LogP contribution in [0.25, 0.3) is 0 Å². The van der Waals surface area contributed by atoms with Crippen molar-refractivity contribution in [1.29, 1.82) is 0 Å². The third kappa shape index (κ3) is 5.23. The fourth-order valence-electron chi connectivity index (χ4n) is 2.58. The van der Waals surface area contributed by atoms with E-state index in [0.717, 1.165) is 17.1 Å². The van der Waals surface area contributed by atoms with Gasteiger partial charge in [0.15, 0.2) is 0 Å². The number of rotatable bonds is 7. The van der Waals surface area contributed by atoms with Crippen LogP contribution in [0.3, 0.4) is 0 Å². The molecule has 0 saturated heterocycles. The molecule has 0 saturated carbocycles. The Morgan fingerprint density at radius 1 is 0.929 bits per heavy atom. The molecule has 3 aromatic rings. The lowest BCUT2D eigenvalue weighted by molar-refractivity contribution is 0.102. The monoisotopic (exact) mass is 377 g/mol. The zero-order chi connectivity index (χ0) is 19.9. The van der Waals surface area contributed by atoms with Gasteiger partial charge in [0.2, 0.25) is 0 Å². The van der Waals surface area contributed by atoms with E-state index < -0.39 is 0 Å². The first-order valence-electron chi connectivity index (χ1n) is 8.98. The summed E-state index contributed by atoms with van der Waals surface area (Å²) in [6.07, 6.45) is 1.73. The van der Waals surface area contributed by atoms with Crippen molar-refractivity contribution in [2.24, 2.45) is 0 Å². The zero-order valence-corrected chi connectivity index (χ0v) is 16.1. The van der Waals surface area contributed by atoms with Crippen LogP contribution < -0.4 is 20.1 Å². The number of ether oxygens (including phenoxy) is 2. The maximum absolute atomic E-state index is 12.5. The third-order valence-corrected chi connectivity index (χ3v) is 3.83. The van der Waals surface area contributed by atoms with Crippen LogP contribution in [0, 0.1) is 0 Å². The lowest BCUT2D eigenvalue weighted by Gasteiger charge is -2.12. The Labute approximate surface area is 164 Å². The number of nitrogens with one attached hydrogen (secondary N) is 2. The summed E-state index contributed by atoms with van der Waals surface area (Å²) in [5.41, 5.74) is 2.61. The van der Waals surface area contributed by atoms with Gasteiger partial charge in [-0.2, -0.15) is 0 Å². The van der Waals surface area contributed by atoms with Crippen molar-refractivity contribution in [3.05, 3.63) is 72.6 Å². The van der Waals surface area contributed by atoms with E-state index >= 15 is 0 Å². The van der Waals surface area contributed by atoms with E-state index in [1.165, 1.54) is 0 Å². The van der Waals surface area contributed by atoms with Crippen molar-refractivity contribution in [3.8, 4) is 11.5 Å². The average Bonchev–Trinajstić information content (AvgIpc) is 2.69. The Morgan fingerprint density at radius 3 is 2.43 bits per heavy atom. The number of nitrogens with zero attached hydrogens (tertiary/aromatic N) is 1. The van der Waals surface area contributed by atoms with E-state index in [9.17, 15) is 4.79 Å². The first-order valence-corrected chi connectivity index (χ1v) is 8.98. The lowest BCUT2D eigenvalue weighted by Crippen LogP contribution is -2.13. The van der Waals surface area contributed by atoms with E-state index in [0.29, 0.717) is 17.1 Å². The van der Waals surface area contributed by atoms with Gasteiger partial charge in [-0.15, -0.1) is 0 Å². The standard InChI is InChI=1S/C22H23N3O3/c1-15(2)28-19-9-7-16(8-10-19)24-18-11-12-23-21(14-18)22(26)25-17-5-4-6-20(13-17)27-3/h4-15H,1-3H3,(H,23,24)(H,25,26). The van der Waals surface area contributed by atoms with Crippen molar-refractivity contribution in [1.82, 2.24) is 4.98 Å². The second-order valence-corrected chi connectivity index (χ2v) is 6.43. The van der Waals surface area contributed by atoms with Crippen molar-refractivity contribution >= 4 is 23.0 Å². The quantitative estimate of drug-likeness (QED) is 0.614. The van der Waals surface area contributed by atoms with Crippen molar-refractivity contribution in [3.63, 3.8) is 0 Å². The lowest BCUT2D eigenvalue weighted by atomic mass is 10.2. The molecule has 1 amide bonds. The van der Waals surface area contributed by atoms with Crippen LogP contribution in [0.5, 0.6) is 11.5 Å². The van der Waals surface area contributed by atoms with Crippen LogP contribution in [-0.4, -0.2) is 24.1 Å². The highest BCUT2D eigenvalue weighted by Crippen LogP contribution is 2.22. The molecule has 0 fully saturated rings. The molecule has 0 aliphatic heterocycles. The minimum atomic E-state index is -0.294. The molecule has 144 valence electrons. The normalized spacial score (nSPS) is 10.4. The molecule has 2 aromatic carbocycles. The SMILES string of the molecule is COc1cccc(NC(=O)c2cc(Nc3ccc(OC(C)C)cc3)ccn2)c1. The number of carbonyl (C=O) groups excluding carboxylic acids is 1. The molecule has 0 unspecified atom stereocenters. The highest BCUT2D eigenvalue weighted by Gasteiger charge is 2.09. The maximum atomic E-state index is 12.5. The second-order valence-electron chi connectivity index (χ2n) is 6.43. The molecule has 28 heavy (non-hydrogen) atoms. The number of benzene rings is 2. The van der Waals surface area contributed by atoms with E-state index in [-0.39, 0.29) is 12.0 Å². The summed E-state index contributed by atoms with van der Waals surface area (Å²) in [7, 11) is 1.58. The second kappa shape index (κ2) is 8.90. The number of carbonyl (C=O) groups is 1. The Morgan fingerprint density at radius 2 is 1.71 bits per heavy atom. The fourth-order valence-corrected chi connectivity index (χ4v) is 2.58. The first-order chi connectivity index (χ1) is 13.5. The Hall–Kier alpha value is -3.54. The number of methoxy groups -OCH3 is 1. The number of pyridine rings is 1. The minimum Gasteiger partial charge on any atom is -0.497 e. The number of amides is 1. The van der Waals surface area contributed by atoms with Gasteiger partial charge in [0.1, 0.15) is 17.2 Å². The first kappa shape index (κ1) is 19.2. The third-order valence-electron chi connectivity index (χ3n) is 3.83. The molecule has 0 atom stereocenters. The van der Waals surface area contributed by atoms with Gasteiger partial charge in [-0.25, -0.2) is 0 Å². The van der Waals surface area contributed by atoms with E-state index in [1.54, 1.807) is 37.6 Å². The van der Waals surface area contributed by atoms with Crippen molar-refractivity contribution in [2.75, 3.05) is 17.7 Å². The van der Waals surface area contributed by atoms with Gasteiger partial charge in [-0.05, 0) is 62.4 Å². The van der Waals surface area contributed by atoms with Crippen LogP contribution in [0.15, 0.2) is 66.9 Å². The fraction of sp³-hybridized carbons (Fsp3) is 0.182. The van der Waals surface area contributed by atoms with Crippen LogP contribution in [0.1, 0.15) is 24.3 Å². The summed E-state index contributed by atoms with van der Waals surface area (Å²) >= 11 is 0. The van der Waals surface area contributed by atoms with Crippen LogP contribution in [-0.2, 0) is 0 Å². The maximum Gasteiger partial charge on any atom is 0.274 e. The molecular weight excluding hydrogens is 354 g/mol. The highest BCUT2D eigenvalue weighted by atomic mass is 16.5. The van der Waals surface area contributed by atoms with Crippen LogP contribution in [0.2, 0.25) is 0 Å². The van der Waals surface area contributed by atoms with Gasteiger partial charge in [-0.3, -0.25) is 9.78 Å². The molecule has 0 aliphatic rings. The highest BCUT2D eigenvalue weighted by molar-refractivity contribution is 6.03. The van der Waals surface area contributed by atoms with Gasteiger partial charge in [0.25, 0.3) is 5.91 Å². The molecule has 2 N–H and O–H groups in total. The summed E-state index contributed by atoms with van der Waals surface area (Å²) < 4.78 is 10.8. The average molecular weight is 377 g/mol. The smallest absolute Gasteiger partial charge is 0.274 e. The Bertz CT molecular complexity index is 940. The molecule has 0 radical (unpaired) electrons. The molecule has 0 bridgehead atoms. The van der Waals surface area contributed by atoms with Crippen LogP contribution in [0.4, 0.5) is 17.1 Å². The van der Waals surface area contributed by atoms with Gasteiger partial charge >= 0.3 is 0 Å². The minimum absolute atomic E-state index is 0.129. The number of hydrogen-bond acceptors (Lipinski definition) is 5. The number of hydrogen-bond donors (Lipinski definition) is 2. The van der Waals surface area contributed by atoms with Gasteiger partial charge in [0, 0.05) is 29.3 Å². The van der Waals surface area contributed by atoms with Gasteiger partial charge in [-0.1, -0.05) is 6.07 Å². The largest absolute Gasteiger partial charge is 0.497 e. The zero-order valence-electron chi connectivity index (χ0n) is 16.1. The predicted octanol–water partition coefficient (Wildman–Crippen LogP) is 4.87. The summed E-state index contributed by atoms with van der Waals surface area (Å²) in [4.78, 5) is 16.7. The van der Waals surface area contributed by atoms with E-state index in [4.69, 9.17) is 9.47 Å². The van der Waals surface area contributed by atoms with Gasteiger partial charge < -0.3 is 20.1 Å². The molecule has 3 rings (SSSR count). The molecule has 0 aliphatic carbocycles. The van der Waals surface area contributed by atoms with Crippen LogP contribution >= 0.6 is 0 Å². The summed E-state index contributed by atoms with van der Waals surface area (Å²) in [6, 6.07) is 18.3. The summed E-state index contributed by atoms with van der Waals surface area (Å²) in [6.45, 7) is 3.97. The molecule has 1 heterocycles. The Balaban J connectivity index is 1.68. The molecule has 6 nitrogen and oxygen atoms in total. The topological polar surface area (TPSA) is 72.5 Å². The summed E-state index contributed by atoms with van der Waals surface area (Å²) in [5, 5.41) is 6.09. The molecule has 1 aromatic heterocycles. The van der Waals surface area contributed by atoms with Crippen molar-refractivity contribution in [2.45, 2.75) is 20.0 Å². The molecular formula is C22H23N3O3. The Kier molecular flexibility index (Phi) is 6.11. The molecule has 6 heteroatoms. The van der Waals surface area contributed by atoms with Crippen molar-refractivity contribution < 1.29 is 14.3 Å². The summed E-state index contributed by atoms with van der Waals surface area (Å²) in [5.74, 6) is 1.19. The van der Waals surface area contributed by atoms with Gasteiger partial charge in [0.05, 0.1) is 13.2 Å². The predicted molar refractivity (Wildman–Crippen MR) is 111 cm³/mol. The van der Waals surface area contributed by atoms with E-state index in [1.807, 2.05) is 50.2 Å². The number of aromatic nitrogens is 1. The number of anilines is 3. The van der Waals surface area contributed by atoms with E-state index in [2.05, 4.69) is 15.6 Å².